The number of hydrogen-bond donors (Lipinski definition) is 2. The number of Topliss-reactive ketones (excluding diaryl/α,β-unsaturated/α-hetero) is 1. The molecule has 36 heavy (non-hydrogen) atoms. The molecular formula is C29H33FN2O4. The number of carbonyl (C=O) groups is 1. The van der Waals surface area contributed by atoms with Gasteiger partial charge in [-0.1, -0.05) is 61.7 Å². The molecule has 0 bridgehead atoms. The molecule has 2 atom stereocenters. The van der Waals surface area contributed by atoms with Crippen molar-refractivity contribution in [3.8, 4) is 5.75 Å². The largest absolute Gasteiger partial charge is 0.488 e. The van der Waals surface area contributed by atoms with Crippen LogP contribution in [0.2, 0.25) is 0 Å². The van der Waals surface area contributed by atoms with Crippen molar-refractivity contribution < 1.29 is 23.8 Å². The van der Waals surface area contributed by atoms with Crippen LogP contribution >= 0.6 is 0 Å². The van der Waals surface area contributed by atoms with E-state index in [1.165, 1.54) is 12.3 Å². The molecule has 0 spiro atoms. The van der Waals surface area contributed by atoms with Crippen molar-refractivity contribution in [1.29, 1.82) is 0 Å². The van der Waals surface area contributed by atoms with Crippen molar-refractivity contribution in [3.63, 3.8) is 0 Å². The standard InChI is InChI=1S/C29H33FN2O4/c1-3-23(28(33)14-13-26(30)19-32-4-2)17-25(15-16-31)24-11-8-12-27(18-24)35-21-29(34)36-20-22-9-6-5-7-10-22/h3-9,11-13,15,17-19,22,29,34H,1-2,10,14,16,20-21,31H2/b23-17+,25-15-,26-13-,32-19?. The quantitative estimate of drug-likeness (QED) is 0.155. The van der Waals surface area contributed by atoms with Crippen LogP contribution in [-0.4, -0.2) is 43.2 Å². The minimum absolute atomic E-state index is 0.0368. The predicted molar refractivity (Wildman–Crippen MR) is 143 cm³/mol. The number of ether oxygens (including phenoxy) is 2. The van der Waals surface area contributed by atoms with Gasteiger partial charge in [0.2, 0.25) is 0 Å². The molecule has 0 aliphatic heterocycles. The Morgan fingerprint density at radius 2 is 2.14 bits per heavy atom. The summed E-state index contributed by atoms with van der Waals surface area (Å²) in [6.07, 6.45) is 15.8. The fourth-order valence-corrected chi connectivity index (χ4v) is 3.26. The number of aliphatic hydroxyl groups is 1. The van der Waals surface area contributed by atoms with Gasteiger partial charge in [0.05, 0.1) is 12.8 Å². The fourth-order valence-electron chi connectivity index (χ4n) is 3.26. The molecule has 0 radical (unpaired) electrons. The molecule has 0 aromatic heterocycles. The van der Waals surface area contributed by atoms with Crippen LogP contribution in [0.1, 0.15) is 18.4 Å². The van der Waals surface area contributed by atoms with E-state index in [0.29, 0.717) is 23.5 Å². The van der Waals surface area contributed by atoms with Crippen molar-refractivity contribution in [2.75, 3.05) is 19.8 Å². The average molecular weight is 493 g/mol. The van der Waals surface area contributed by atoms with Crippen LogP contribution in [-0.2, 0) is 9.53 Å². The molecule has 0 amide bonds. The molecule has 2 unspecified atom stereocenters. The number of carbonyl (C=O) groups excluding carboxylic acids is 1. The third kappa shape index (κ3) is 10.3. The first-order valence-corrected chi connectivity index (χ1v) is 11.6. The van der Waals surface area contributed by atoms with E-state index in [1.54, 1.807) is 30.4 Å². The minimum Gasteiger partial charge on any atom is -0.488 e. The summed E-state index contributed by atoms with van der Waals surface area (Å²) in [4.78, 5) is 16.2. The number of nitrogens with zero attached hydrogens (tertiary/aromatic N) is 1. The Morgan fingerprint density at radius 3 is 2.83 bits per heavy atom. The molecular weight excluding hydrogens is 459 g/mol. The number of ketones is 1. The number of benzene rings is 1. The second-order valence-corrected chi connectivity index (χ2v) is 7.81. The van der Waals surface area contributed by atoms with Gasteiger partial charge in [0.1, 0.15) is 18.2 Å². The zero-order valence-corrected chi connectivity index (χ0v) is 20.3. The third-order valence-electron chi connectivity index (χ3n) is 5.11. The molecule has 2 rings (SSSR count). The highest BCUT2D eigenvalue weighted by molar-refractivity contribution is 6.01. The van der Waals surface area contributed by atoms with Crippen LogP contribution in [0.15, 0.2) is 109 Å². The third-order valence-corrected chi connectivity index (χ3v) is 5.11. The molecule has 6 nitrogen and oxygen atoms in total. The summed E-state index contributed by atoms with van der Waals surface area (Å²) in [5, 5.41) is 10.1. The summed E-state index contributed by atoms with van der Waals surface area (Å²) in [7, 11) is 0. The number of hydrogen-bond acceptors (Lipinski definition) is 6. The van der Waals surface area contributed by atoms with Crippen LogP contribution in [0.5, 0.6) is 5.75 Å². The summed E-state index contributed by atoms with van der Waals surface area (Å²) >= 11 is 0. The lowest BCUT2D eigenvalue weighted by Gasteiger charge is -2.18. The van der Waals surface area contributed by atoms with Crippen LogP contribution < -0.4 is 10.5 Å². The molecule has 0 fully saturated rings. The van der Waals surface area contributed by atoms with E-state index in [0.717, 1.165) is 24.3 Å². The zero-order valence-electron chi connectivity index (χ0n) is 20.3. The lowest BCUT2D eigenvalue weighted by Crippen LogP contribution is -2.24. The van der Waals surface area contributed by atoms with Crippen molar-refractivity contribution in [3.05, 3.63) is 109 Å². The fraction of sp³-hybridized carbons (Fsp3) is 0.241. The van der Waals surface area contributed by atoms with E-state index in [2.05, 4.69) is 24.2 Å². The summed E-state index contributed by atoms with van der Waals surface area (Å²) in [6.45, 7) is 7.68. The van der Waals surface area contributed by atoms with Gasteiger partial charge < -0.3 is 20.3 Å². The van der Waals surface area contributed by atoms with E-state index in [9.17, 15) is 14.3 Å². The molecule has 1 aliphatic rings. The van der Waals surface area contributed by atoms with Crippen molar-refractivity contribution >= 4 is 17.6 Å². The van der Waals surface area contributed by atoms with Gasteiger partial charge in [-0.15, -0.1) is 0 Å². The number of aliphatic imine (C=N–C) groups is 1. The summed E-state index contributed by atoms with van der Waals surface area (Å²) in [5.41, 5.74) is 7.48. The monoisotopic (exact) mass is 492 g/mol. The molecule has 0 saturated heterocycles. The number of aliphatic hydroxyl groups excluding tert-OH is 1. The summed E-state index contributed by atoms with van der Waals surface area (Å²) in [6, 6.07) is 7.17. The SMILES string of the molecule is C=CN=C/C(F)=C/CC(=O)/C(C=C)=C/C(=C/CN)c1cccc(OCC(O)OCC2C=CC=CC2)c1. The molecule has 0 saturated carbocycles. The van der Waals surface area contributed by atoms with E-state index >= 15 is 0 Å². The van der Waals surface area contributed by atoms with Crippen LogP contribution in [0.3, 0.4) is 0 Å². The Morgan fingerprint density at radius 1 is 1.31 bits per heavy atom. The van der Waals surface area contributed by atoms with Crippen LogP contribution in [0, 0.1) is 5.92 Å². The highest BCUT2D eigenvalue weighted by Gasteiger charge is 2.12. The first-order chi connectivity index (χ1) is 17.5. The predicted octanol–water partition coefficient (Wildman–Crippen LogP) is 5.01. The van der Waals surface area contributed by atoms with E-state index in [-0.39, 0.29) is 31.3 Å². The van der Waals surface area contributed by atoms with Gasteiger partial charge in [0.15, 0.2) is 12.1 Å². The minimum atomic E-state index is -1.07. The molecule has 0 heterocycles. The highest BCUT2D eigenvalue weighted by atomic mass is 19.1. The van der Waals surface area contributed by atoms with Crippen LogP contribution in [0.25, 0.3) is 5.57 Å². The van der Waals surface area contributed by atoms with E-state index in [4.69, 9.17) is 15.2 Å². The Hall–Kier alpha value is -3.65. The lowest BCUT2D eigenvalue weighted by molar-refractivity contribution is -0.125. The molecule has 1 aliphatic carbocycles. The topological polar surface area (TPSA) is 94.1 Å². The van der Waals surface area contributed by atoms with E-state index < -0.39 is 12.1 Å². The lowest BCUT2D eigenvalue weighted by atomic mass is 9.99. The number of halogens is 1. The zero-order chi connectivity index (χ0) is 26.2. The molecule has 1 aromatic carbocycles. The van der Waals surface area contributed by atoms with Crippen molar-refractivity contribution in [2.24, 2.45) is 16.6 Å². The first-order valence-electron chi connectivity index (χ1n) is 11.6. The van der Waals surface area contributed by atoms with Gasteiger partial charge in [-0.25, -0.2) is 4.39 Å². The molecule has 3 N–H and O–H groups in total. The van der Waals surface area contributed by atoms with Gasteiger partial charge in [-0.3, -0.25) is 9.79 Å². The molecule has 7 heteroatoms. The maximum atomic E-state index is 13.7. The maximum Gasteiger partial charge on any atom is 0.189 e. The van der Waals surface area contributed by atoms with Gasteiger partial charge in [0.25, 0.3) is 0 Å². The van der Waals surface area contributed by atoms with Gasteiger partial charge in [-0.2, -0.15) is 0 Å². The average Bonchev–Trinajstić information content (AvgIpc) is 2.91. The smallest absolute Gasteiger partial charge is 0.189 e. The highest BCUT2D eigenvalue weighted by Crippen LogP contribution is 2.24. The van der Waals surface area contributed by atoms with Crippen LogP contribution in [0.4, 0.5) is 4.39 Å². The first kappa shape index (κ1) is 28.6. The van der Waals surface area contributed by atoms with Gasteiger partial charge in [0, 0.05) is 30.7 Å². The van der Waals surface area contributed by atoms with Gasteiger partial charge in [-0.05, 0) is 41.8 Å². The second-order valence-electron chi connectivity index (χ2n) is 7.81. The number of allylic oxidation sites excluding steroid dienone is 9. The van der Waals surface area contributed by atoms with Gasteiger partial charge >= 0.3 is 0 Å². The van der Waals surface area contributed by atoms with Crippen molar-refractivity contribution in [1.82, 2.24) is 0 Å². The summed E-state index contributed by atoms with van der Waals surface area (Å²) in [5.74, 6) is -0.193. The summed E-state index contributed by atoms with van der Waals surface area (Å²) < 4.78 is 24.9. The maximum absolute atomic E-state index is 13.7. The number of nitrogens with two attached hydrogens (primary N) is 1. The molecule has 190 valence electrons. The Kier molecular flexibility index (Phi) is 12.8. The van der Waals surface area contributed by atoms with Crippen molar-refractivity contribution in [2.45, 2.75) is 19.1 Å². The molecule has 1 aromatic rings. The van der Waals surface area contributed by atoms with E-state index in [1.807, 2.05) is 24.3 Å². The Balaban J connectivity index is 2.05. The Labute approximate surface area is 212 Å². The number of rotatable bonds is 15. The second kappa shape index (κ2) is 16.1. The Bertz CT molecular complexity index is 1080. The normalized spacial score (nSPS) is 17.3.